The normalized spacial score (nSPS) is 14.9. The highest BCUT2D eigenvalue weighted by molar-refractivity contribution is 5.97. The second-order valence-corrected chi connectivity index (χ2v) is 4.59. The highest BCUT2D eigenvalue weighted by Gasteiger charge is 2.21. The van der Waals surface area contributed by atoms with Crippen molar-refractivity contribution in [3.8, 4) is 11.5 Å². The first kappa shape index (κ1) is 15.1. The lowest BCUT2D eigenvalue weighted by Crippen LogP contribution is -2.41. The van der Waals surface area contributed by atoms with Gasteiger partial charge in [0.25, 0.3) is 5.91 Å². The van der Waals surface area contributed by atoms with Crippen LogP contribution in [0.2, 0.25) is 0 Å². The standard InChI is InChI=1S/C14H17NO6/c16-5-4-10(14(18)19)15-13(17)9-2-3-11-12(8-9)21-7-1-6-20-11/h2-3,8,10,16H,1,4-7H2,(H,15,17)(H,18,19)/t10-/m0/s1. The summed E-state index contributed by atoms with van der Waals surface area (Å²) in [6.07, 6.45) is 0.708. The molecule has 0 fully saturated rings. The minimum absolute atomic E-state index is 0.0500. The van der Waals surface area contributed by atoms with Crippen molar-refractivity contribution >= 4 is 11.9 Å². The van der Waals surface area contributed by atoms with Crippen molar-refractivity contribution in [1.29, 1.82) is 0 Å². The summed E-state index contributed by atoms with van der Waals surface area (Å²) in [4.78, 5) is 23.0. The van der Waals surface area contributed by atoms with Gasteiger partial charge >= 0.3 is 5.97 Å². The van der Waals surface area contributed by atoms with E-state index < -0.39 is 17.9 Å². The zero-order valence-electron chi connectivity index (χ0n) is 11.4. The number of nitrogens with one attached hydrogen (secondary N) is 1. The SMILES string of the molecule is O=C(N[C@@H](CCO)C(=O)O)c1ccc2c(c1)OCCCO2. The van der Waals surface area contributed by atoms with Crippen LogP contribution in [0.3, 0.4) is 0 Å². The largest absolute Gasteiger partial charge is 0.490 e. The molecule has 2 rings (SSSR count). The number of rotatable bonds is 5. The summed E-state index contributed by atoms with van der Waals surface area (Å²) in [6, 6.07) is 3.56. The molecule has 0 bridgehead atoms. The van der Waals surface area contributed by atoms with Crippen LogP contribution in [0, 0.1) is 0 Å². The molecular formula is C14H17NO6. The van der Waals surface area contributed by atoms with Crippen LogP contribution < -0.4 is 14.8 Å². The third kappa shape index (κ3) is 3.85. The van der Waals surface area contributed by atoms with Crippen molar-refractivity contribution < 1.29 is 29.3 Å². The predicted molar refractivity (Wildman–Crippen MR) is 72.6 cm³/mol. The van der Waals surface area contributed by atoms with Crippen molar-refractivity contribution in [3.63, 3.8) is 0 Å². The van der Waals surface area contributed by atoms with Crippen molar-refractivity contribution in [2.45, 2.75) is 18.9 Å². The Kier molecular flexibility index (Phi) is 4.99. The van der Waals surface area contributed by atoms with Gasteiger partial charge in [0.2, 0.25) is 0 Å². The summed E-state index contributed by atoms with van der Waals surface area (Å²) in [5.41, 5.74) is 0.281. The summed E-state index contributed by atoms with van der Waals surface area (Å²) >= 11 is 0. The topological polar surface area (TPSA) is 105 Å². The zero-order valence-corrected chi connectivity index (χ0v) is 11.4. The van der Waals surface area contributed by atoms with E-state index in [4.69, 9.17) is 19.7 Å². The molecule has 1 amide bonds. The Balaban J connectivity index is 2.12. The highest BCUT2D eigenvalue weighted by atomic mass is 16.5. The Hall–Kier alpha value is -2.28. The fourth-order valence-corrected chi connectivity index (χ4v) is 1.93. The average molecular weight is 295 g/mol. The first-order valence-electron chi connectivity index (χ1n) is 6.66. The third-order valence-electron chi connectivity index (χ3n) is 3.03. The van der Waals surface area contributed by atoms with Crippen LogP contribution in [0.15, 0.2) is 18.2 Å². The molecule has 0 radical (unpaired) electrons. The van der Waals surface area contributed by atoms with Gasteiger partial charge in [0, 0.05) is 25.0 Å². The summed E-state index contributed by atoms with van der Waals surface area (Å²) < 4.78 is 10.9. The molecule has 21 heavy (non-hydrogen) atoms. The predicted octanol–water partition coefficient (Wildman–Crippen LogP) is 0.413. The van der Waals surface area contributed by atoms with E-state index in [1.165, 1.54) is 6.07 Å². The second kappa shape index (κ2) is 6.94. The van der Waals surface area contributed by atoms with E-state index in [1.807, 2.05) is 0 Å². The van der Waals surface area contributed by atoms with Gasteiger partial charge in [-0.05, 0) is 18.2 Å². The van der Waals surface area contributed by atoms with Crippen molar-refractivity contribution in [2.75, 3.05) is 19.8 Å². The van der Waals surface area contributed by atoms with E-state index in [0.29, 0.717) is 24.7 Å². The molecule has 3 N–H and O–H groups in total. The van der Waals surface area contributed by atoms with Gasteiger partial charge in [0.05, 0.1) is 13.2 Å². The maximum absolute atomic E-state index is 12.1. The number of aliphatic carboxylic acids is 1. The third-order valence-corrected chi connectivity index (χ3v) is 3.03. The van der Waals surface area contributed by atoms with Gasteiger partial charge in [-0.3, -0.25) is 4.79 Å². The smallest absolute Gasteiger partial charge is 0.326 e. The molecule has 1 aromatic carbocycles. The molecule has 0 spiro atoms. The molecule has 0 unspecified atom stereocenters. The van der Waals surface area contributed by atoms with Crippen LogP contribution in [0.1, 0.15) is 23.2 Å². The van der Waals surface area contributed by atoms with Crippen LogP contribution in [-0.4, -0.2) is 48.0 Å². The molecule has 1 aliphatic heterocycles. The molecule has 0 saturated heterocycles. The minimum Gasteiger partial charge on any atom is -0.490 e. The summed E-state index contributed by atoms with van der Waals surface area (Å²) in [5.74, 6) is -0.693. The number of carboxylic acids is 1. The van der Waals surface area contributed by atoms with Gasteiger partial charge in [0.1, 0.15) is 6.04 Å². The van der Waals surface area contributed by atoms with E-state index in [0.717, 1.165) is 6.42 Å². The van der Waals surface area contributed by atoms with Gasteiger partial charge in [-0.25, -0.2) is 4.79 Å². The molecule has 0 saturated carbocycles. The molecule has 1 aromatic rings. The fraction of sp³-hybridized carbons (Fsp3) is 0.429. The minimum atomic E-state index is -1.19. The lowest BCUT2D eigenvalue weighted by Gasteiger charge is -2.14. The number of aliphatic hydroxyl groups is 1. The Labute approximate surface area is 121 Å². The second-order valence-electron chi connectivity index (χ2n) is 4.59. The Bertz CT molecular complexity index is 530. The number of carbonyl (C=O) groups is 2. The van der Waals surface area contributed by atoms with E-state index in [9.17, 15) is 9.59 Å². The van der Waals surface area contributed by atoms with E-state index in [1.54, 1.807) is 12.1 Å². The van der Waals surface area contributed by atoms with Crippen LogP contribution in [0.25, 0.3) is 0 Å². The Morgan fingerprint density at radius 3 is 2.62 bits per heavy atom. The lowest BCUT2D eigenvalue weighted by atomic mass is 10.1. The van der Waals surface area contributed by atoms with Gasteiger partial charge in [-0.2, -0.15) is 0 Å². The monoisotopic (exact) mass is 295 g/mol. The molecule has 0 aliphatic carbocycles. The molecule has 1 aliphatic rings. The number of aliphatic hydroxyl groups excluding tert-OH is 1. The summed E-state index contributed by atoms with van der Waals surface area (Å²) in [5, 5.41) is 20.1. The van der Waals surface area contributed by atoms with Crippen LogP contribution in [0.4, 0.5) is 0 Å². The van der Waals surface area contributed by atoms with Gasteiger partial charge < -0.3 is 25.0 Å². The van der Waals surface area contributed by atoms with Gasteiger partial charge in [0.15, 0.2) is 11.5 Å². The van der Waals surface area contributed by atoms with E-state index in [-0.39, 0.29) is 18.6 Å². The Morgan fingerprint density at radius 2 is 1.95 bits per heavy atom. The number of hydrogen-bond acceptors (Lipinski definition) is 5. The molecule has 114 valence electrons. The van der Waals surface area contributed by atoms with Crippen LogP contribution in [-0.2, 0) is 4.79 Å². The van der Waals surface area contributed by atoms with Crippen molar-refractivity contribution in [3.05, 3.63) is 23.8 Å². The van der Waals surface area contributed by atoms with Gasteiger partial charge in [-0.1, -0.05) is 0 Å². The number of amides is 1. The molecule has 7 nitrogen and oxygen atoms in total. The number of carboxylic acid groups (broad SMARTS) is 1. The fourth-order valence-electron chi connectivity index (χ4n) is 1.93. The first-order chi connectivity index (χ1) is 10.1. The number of benzene rings is 1. The molecular weight excluding hydrogens is 278 g/mol. The van der Waals surface area contributed by atoms with Crippen molar-refractivity contribution in [2.24, 2.45) is 0 Å². The first-order valence-corrected chi connectivity index (χ1v) is 6.66. The van der Waals surface area contributed by atoms with Crippen molar-refractivity contribution in [1.82, 2.24) is 5.32 Å². The molecule has 1 heterocycles. The van der Waals surface area contributed by atoms with Crippen LogP contribution >= 0.6 is 0 Å². The molecule has 1 atom stereocenters. The van der Waals surface area contributed by atoms with E-state index >= 15 is 0 Å². The number of ether oxygens (including phenoxy) is 2. The average Bonchev–Trinajstić information content (AvgIpc) is 2.70. The maximum Gasteiger partial charge on any atom is 0.326 e. The number of fused-ring (bicyclic) bond motifs is 1. The lowest BCUT2D eigenvalue weighted by molar-refractivity contribution is -0.139. The van der Waals surface area contributed by atoms with E-state index in [2.05, 4.69) is 5.32 Å². The van der Waals surface area contributed by atoms with Crippen LogP contribution in [0.5, 0.6) is 11.5 Å². The maximum atomic E-state index is 12.1. The molecule has 7 heteroatoms. The Morgan fingerprint density at radius 1 is 1.24 bits per heavy atom. The highest BCUT2D eigenvalue weighted by Crippen LogP contribution is 2.30. The number of carbonyl (C=O) groups excluding carboxylic acids is 1. The zero-order chi connectivity index (χ0) is 15.2. The summed E-state index contributed by atoms with van der Waals surface area (Å²) in [7, 11) is 0. The summed E-state index contributed by atoms with van der Waals surface area (Å²) in [6.45, 7) is 0.731. The van der Waals surface area contributed by atoms with Gasteiger partial charge in [-0.15, -0.1) is 0 Å². The molecule has 0 aromatic heterocycles. The quantitative estimate of drug-likeness (QED) is 0.727. The number of hydrogen-bond donors (Lipinski definition) is 3.